The van der Waals surface area contributed by atoms with Crippen molar-refractivity contribution in [2.75, 3.05) is 6.54 Å². The number of thiophene rings is 1. The largest absolute Gasteiger partial charge is 0.336 e. The molecule has 0 N–H and O–H groups in total. The molecule has 30 heavy (non-hydrogen) atoms. The van der Waals surface area contributed by atoms with Crippen LogP contribution in [0.15, 0.2) is 53.3 Å². The van der Waals surface area contributed by atoms with E-state index in [1.807, 2.05) is 17.5 Å². The Morgan fingerprint density at radius 3 is 2.57 bits per heavy atom. The van der Waals surface area contributed by atoms with Gasteiger partial charge < -0.3 is 4.90 Å². The Morgan fingerprint density at radius 1 is 1.20 bits per heavy atom. The van der Waals surface area contributed by atoms with Gasteiger partial charge in [0.1, 0.15) is 6.04 Å². The molecule has 0 unspecified atom stereocenters. The van der Waals surface area contributed by atoms with Crippen LogP contribution in [0.2, 0.25) is 10.0 Å². The van der Waals surface area contributed by atoms with Crippen molar-refractivity contribution < 1.29 is 13.2 Å². The Hall–Kier alpha value is -1.38. The molecule has 0 radical (unpaired) electrons. The molecule has 160 valence electrons. The van der Waals surface area contributed by atoms with E-state index in [1.165, 1.54) is 22.5 Å². The third kappa shape index (κ3) is 4.06. The van der Waals surface area contributed by atoms with Gasteiger partial charge in [-0.15, -0.1) is 17.9 Å². The maximum absolute atomic E-state index is 13.7. The summed E-state index contributed by atoms with van der Waals surface area (Å²) in [4.78, 5) is 16.4. The highest BCUT2D eigenvalue weighted by atomic mass is 35.5. The van der Waals surface area contributed by atoms with E-state index < -0.39 is 16.1 Å². The molecule has 9 heteroatoms. The van der Waals surface area contributed by atoms with E-state index in [4.69, 9.17) is 23.2 Å². The second-order valence-electron chi connectivity index (χ2n) is 7.65. The summed E-state index contributed by atoms with van der Waals surface area (Å²) in [6.45, 7) is 4.87. The zero-order valence-corrected chi connectivity index (χ0v) is 19.4. The number of sulfonamides is 1. The van der Waals surface area contributed by atoms with Crippen molar-refractivity contribution in [3.63, 3.8) is 0 Å². The number of amides is 1. The number of carbonyl (C=O) groups is 1. The average molecular weight is 485 g/mol. The van der Waals surface area contributed by atoms with Crippen molar-refractivity contribution in [1.82, 2.24) is 9.21 Å². The molecule has 2 fully saturated rings. The minimum absolute atomic E-state index is 0.0132. The van der Waals surface area contributed by atoms with Gasteiger partial charge in [0.2, 0.25) is 15.9 Å². The fraction of sp³-hybridized carbons (Fsp3) is 0.381. The van der Waals surface area contributed by atoms with Crippen molar-refractivity contribution in [1.29, 1.82) is 0 Å². The molecule has 1 amide bonds. The van der Waals surface area contributed by atoms with Crippen LogP contribution in [0.1, 0.15) is 24.1 Å². The highest BCUT2D eigenvalue weighted by Crippen LogP contribution is 2.38. The summed E-state index contributed by atoms with van der Waals surface area (Å²) in [5.74, 6) is -0.321. The minimum Gasteiger partial charge on any atom is -0.336 e. The number of fused-ring (bicyclic) bond motifs is 2. The van der Waals surface area contributed by atoms with Crippen LogP contribution < -0.4 is 0 Å². The topological polar surface area (TPSA) is 57.7 Å². The number of nitrogens with zero attached hydrogens (tertiary/aromatic N) is 2. The van der Waals surface area contributed by atoms with Gasteiger partial charge in [0, 0.05) is 33.4 Å². The van der Waals surface area contributed by atoms with E-state index in [0.717, 1.165) is 11.3 Å². The molecule has 2 bridgehead atoms. The van der Waals surface area contributed by atoms with Gasteiger partial charge in [-0.05, 0) is 48.9 Å². The first-order valence-electron chi connectivity index (χ1n) is 9.74. The number of rotatable bonds is 5. The van der Waals surface area contributed by atoms with Gasteiger partial charge in [0.15, 0.2) is 0 Å². The summed E-state index contributed by atoms with van der Waals surface area (Å²) in [6, 6.07) is 7.13. The molecule has 0 spiro atoms. The Kier molecular flexibility index (Phi) is 6.28. The van der Waals surface area contributed by atoms with Crippen molar-refractivity contribution in [3.05, 3.63) is 63.3 Å². The highest BCUT2D eigenvalue weighted by molar-refractivity contribution is 7.89. The number of halogens is 2. The van der Waals surface area contributed by atoms with E-state index in [1.54, 1.807) is 22.3 Å². The Morgan fingerprint density at radius 2 is 1.93 bits per heavy atom. The smallest absolute Gasteiger partial charge is 0.244 e. The monoisotopic (exact) mass is 484 g/mol. The summed E-state index contributed by atoms with van der Waals surface area (Å²) in [5.41, 5.74) is 0. The molecule has 1 aromatic carbocycles. The average Bonchev–Trinajstić information content (AvgIpc) is 3.20. The zero-order valence-electron chi connectivity index (χ0n) is 16.2. The van der Waals surface area contributed by atoms with Crippen LogP contribution in [-0.2, 0) is 21.4 Å². The molecule has 3 heterocycles. The van der Waals surface area contributed by atoms with E-state index in [9.17, 15) is 13.2 Å². The quantitative estimate of drug-likeness (QED) is 0.572. The van der Waals surface area contributed by atoms with E-state index in [2.05, 4.69) is 6.58 Å². The minimum atomic E-state index is -3.98. The summed E-state index contributed by atoms with van der Waals surface area (Å²) in [6.07, 6.45) is 3.75. The third-order valence-electron chi connectivity index (χ3n) is 5.77. The van der Waals surface area contributed by atoms with Crippen LogP contribution in [0, 0.1) is 5.92 Å². The van der Waals surface area contributed by atoms with Gasteiger partial charge in [-0.2, -0.15) is 4.31 Å². The van der Waals surface area contributed by atoms with Gasteiger partial charge in [0.05, 0.1) is 11.4 Å². The lowest BCUT2D eigenvalue weighted by atomic mass is 9.90. The number of hydrogen-bond acceptors (Lipinski definition) is 4. The second kappa shape index (κ2) is 8.63. The predicted molar refractivity (Wildman–Crippen MR) is 120 cm³/mol. The molecule has 2 aromatic rings. The number of piperidine rings is 1. The molecule has 5 nitrogen and oxygen atoms in total. The number of benzene rings is 1. The van der Waals surface area contributed by atoms with Crippen molar-refractivity contribution in [3.8, 4) is 0 Å². The molecule has 2 aliphatic rings. The molecule has 2 saturated heterocycles. The molecular formula is C21H22Cl2N2O3S2. The van der Waals surface area contributed by atoms with Gasteiger partial charge >= 0.3 is 0 Å². The van der Waals surface area contributed by atoms with E-state index in [-0.39, 0.29) is 32.8 Å². The Balaban J connectivity index is 1.77. The van der Waals surface area contributed by atoms with E-state index >= 15 is 0 Å². The lowest BCUT2D eigenvalue weighted by molar-refractivity contribution is -0.135. The fourth-order valence-electron chi connectivity index (χ4n) is 4.43. The van der Waals surface area contributed by atoms with Crippen LogP contribution >= 0.6 is 34.5 Å². The van der Waals surface area contributed by atoms with Crippen molar-refractivity contribution >= 4 is 50.5 Å². The second-order valence-corrected chi connectivity index (χ2v) is 11.4. The van der Waals surface area contributed by atoms with Crippen LogP contribution in [0.4, 0.5) is 0 Å². The molecular weight excluding hydrogens is 463 g/mol. The summed E-state index contributed by atoms with van der Waals surface area (Å²) in [5, 5.41) is 2.46. The number of hydrogen-bond donors (Lipinski definition) is 0. The normalized spacial score (nSPS) is 25.2. The Bertz CT molecular complexity index is 1040. The first-order valence-corrected chi connectivity index (χ1v) is 12.8. The van der Waals surface area contributed by atoms with Gasteiger partial charge in [-0.3, -0.25) is 4.79 Å². The maximum Gasteiger partial charge on any atom is 0.244 e. The SMILES string of the molecule is C=C[C@@H]1CN(Cc2cccs2)C(=O)[C@@H]2CCC[C@H]1N2S(=O)(=O)c1cc(Cl)cc(Cl)c1. The first kappa shape index (κ1) is 21.8. The van der Waals surface area contributed by atoms with Crippen LogP contribution in [-0.4, -0.2) is 42.2 Å². The molecule has 1 aromatic heterocycles. The molecule has 3 atom stereocenters. The predicted octanol–water partition coefficient (Wildman–Crippen LogP) is 4.81. The lowest BCUT2D eigenvalue weighted by Crippen LogP contribution is -2.54. The maximum atomic E-state index is 13.7. The van der Waals surface area contributed by atoms with Crippen molar-refractivity contribution in [2.45, 2.75) is 42.8 Å². The standard InChI is InChI=1S/C21H22Cl2N2O3S2/c1-2-14-12-24(13-17-5-4-8-29-17)21(26)20-7-3-6-19(14)25(20)30(27,28)18-10-15(22)9-16(23)11-18/h2,4-5,8-11,14,19-20H,1,3,6-7,12-13H2/t14-,19-,20+/m1/s1. The van der Waals surface area contributed by atoms with Crippen LogP contribution in [0.5, 0.6) is 0 Å². The highest BCUT2D eigenvalue weighted by Gasteiger charge is 2.49. The van der Waals surface area contributed by atoms with Crippen LogP contribution in [0.25, 0.3) is 0 Å². The zero-order chi connectivity index (χ0) is 21.5. The van der Waals surface area contributed by atoms with Gasteiger partial charge in [-0.25, -0.2) is 8.42 Å². The summed E-state index contributed by atoms with van der Waals surface area (Å²) >= 11 is 13.7. The van der Waals surface area contributed by atoms with Crippen molar-refractivity contribution in [2.24, 2.45) is 5.92 Å². The summed E-state index contributed by atoms with van der Waals surface area (Å²) in [7, 11) is -3.98. The molecule has 2 aliphatic heterocycles. The van der Waals surface area contributed by atoms with Crippen LogP contribution in [0.3, 0.4) is 0 Å². The Labute approximate surface area is 190 Å². The molecule has 0 aliphatic carbocycles. The van der Waals surface area contributed by atoms with E-state index in [0.29, 0.717) is 25.9 Å². The molecule has 4 rings (SSSR count). The fourth-order valence-corrected chi connectivity index (χ4v) is 7.75. The first-order chi connectivity index (χ1) is 14.3. The number of carbonyl (C=O) groups excluding carboxylic acids is 1. The third-order valence-corrected chi connectivity index (χ3v) is 8.98. The molecule has 0 saturated carbocycles. The lowest BCUT2D eigenvalue weighted by Gasteiger charge is -2.40. The van der Waals surface area contributed by atoms with Gasteiger partial charge in [-0.1, -0.05) is 35.3 Å². The van der Waals surface area contributed by atoms with Gasteiger partial charge in [0.25, 0.3) is 0 Å². The summed E-state index contributed by atoms with van der Waals surface area (Å²) < 4.78 is 28.8.